The summed E-state index contributed by atoms with van der Waals surface area (Å²) in [7, 11) is -0.686. The molecule has 7 nitrogen and oxygen atoms in total. The molecule has 0 bridgehead atoms. The van der Waals surface area contributed by atoms with E-state index in [0.717, 1.165) is 9.87 Å². The van der Waals surface area contributed by atoms with Crippen molar-refractivity contribution in [3.8, 4) is 0 Å². The number of aryl methyl sites for hydroxylation is 1. The Morgan fingerprint density at radius 2 is 2.00 bits per heavy atom. The molecule has 0 aliphatic carbocycles. The van der Waals surface area contributed by atoms with E-state index in [1.807, 2.05) is 18.2 Å². The number of pyridine rings is 1. The van der Waals surface area contributed by atoms with E-state index in [4.69, 9.17) is 11.6 Å². The number of benzene rings is 1. The van der Waals surface area contributed by atoms with Crippen molar-refractivity contribution in [1.29, 1.82) is 0 Å². The summed E-state index contributed by atoms with van der Waals surface area (Å²) in [6.07, 6.45) is 4.69. The molecular formula is C19H19ClN4O3S. The minimum atomic E-state index is -3.59. The molecule has 1 aromatic carbocycles. The number of amides is 1. The Labute approximate surface area is 168 Å². The SMILES string of the molecule is Cc1ccc(S(=O)(=O)N(C)C)cc1NC(=O)/C=C/c1c(Cl)nc2ccccn12. The van der Waals surface area contributed by atoms with E-state index < -0.39 is 15.9 Å². The normalized spacial score (nSPS) is 12.2. The fraction of sp³-hybridized carbons (Fsp3) is 0.158. The van der Waals surface area contributed by atoms with Gasteiger partial charge in [-0.1, -0.05) is 23.7 Å². The highest BCUT2D eigenvalue weighted by molar-refractivity contribution is 7.89. The van der Waals surface area contributed by atoms with E-state index in [1.165, 1.54) is 32.3 Å². The highest BCUT2D eigenvalue weighted by atomic mass is 35.5. The van der Waals surface area contributed by atoms with Gasteiger partial charge in [0.2, 0.25) is 15.9 Å². The van der Waals surface area contributed by atoms with Gasteiger partial charge in [0.25, 0.3) is 0 Å². The van der Waals surface area contributed by atoms with Crippen molar-refractivity contribution in [1.82, 2.24) is 13.7 Å². The van der Waals surface area contributed by atoms with Crippen molar-refractivity contribution < 1.29 is 13.2 Å². The molecule has 9 heteroatoms. The molecule has 0 aliphatic heterocycles. The van der Waals surface area contributed by atoms with Crippen LogP contribution < -0.4 is 5.32 Å². The first kappa shape index (κ1) is 20.1. The van der Waals surface area contributed by atoms with Crippen LogP contribution in [0.4, 0.5) is 5.69 Å². The fourth-order valence-corrected chi connectivity index (χ4v) is 3.74. The lowest BCUT2D eigenvalue weighted by atomic mass is 10.2. The highest BCUT2D eigenvalue weighted by Crippen LogP contribution is 2.23. The van der Waals surface area contributed by atoms with Gasteiger partial charge in [-0.25, -0.2) is 17.7 Å². The lowest BCUT2D eigenvalue weighted by molar-refractivity contribution is -0.111. The molecule has 2 heterocycles. The van der Waals surface area contributed by atoms with Crippen LogP contribution in [0.5, 0.6) is 0 Å². The van der Waals surface area contributed by atoms with Gasteiger partial charge in [-0.15, -0.1) is 0 Å². The third-order valence-electron chi connectivity index (χ3n) is 4.16. The predicted octanol–water partition coefficient (Wildman–Crippen LogP) is 3.20. The van der Waals surface area contributed by atoms with E-state index in [1.54, 1.807) is 29.7 Å². The van der Waals surface area contributed by atoms with Gasteiger partial charge in [0.05, 0.1) is 10.6 Å². The molecule has 3 aromatic rings. The van der Waals surface area contributed by atoms with Gasteiger partial charge in [0.1, 0.15) is 5.65 Å². The Hall–Kier alpha value is -2.68. The number of sulfonamides is 1. The second-order valence-corrected chi connectivity index (χ2v) is 8.81. The van der Waals surface area contributed by atoms with Crippen LogP contribution in [0.25, 0.3) is 11.7 Å². The van der Waals surface area contributed by atoms with E-state index in [0.29, 0.717) is 17.0 Å². The molecular weight excluding hydrogens is 400 g/mol. The number of carbonyl (C=O) groups excluding carboxylic acids is 1. The summed E-state index contributed by atoms with van der Waals surface area (Å²) in [5.41, 5.74) is 2.41. The number of rotatable bonds is 5. The maximum absolute atomic E-state index is 12.4. The topological polar surface area (TPSA) is 83.8 Å². The summed E-state index contributed by atoms with van der Waals surface area (Å²) in [5.74, 6) is -0.413. The smallest absolute Gasteiger partial charge is 0.248 e. The molecule has 28 heavy (non-hydrogen) atoms. The molecule has 146 valence electrons. The van der Waals surface area contributed by atoms with Gasteiger partial charge in [-0.2, -0.15) is 0 Å². The van der Waals surface area contributed by atoms with Crippen LogP contribution in [-0.4, -0.2) is 42.1 Å². The Morgan fingerprint density at radius 3 is 2.71 bits per heavy atom. The molecule has 0 saturated carbocycles. The number of carbonyl (C=O) groups is 1. The van der Waals surface area contributed by atoms with Crippen molar-refractivity contribution in [2.45, 2.75) is 11.8 Å². The number of hydrogen-bond acceptors (Lipinski definition) is 4. The van der Waals surface area contributed by atoms with Gasteiger partial charge in [0, 0.05) is 32.1 Å². The number of hydrogen-bond donors (Lipinski definition) is 1. The van der Waals surface area contributed by atoms with Gasteiger partial charge in [0.15, 0.2) is 5.15 Å². The minimum Gasteiger partial charge on any atom is -0.322 e. The van der Waals surface area contributed by atoms with Crippen LogP contribution >= 0.6 is 11.6 Å². The third kappa shape index (κ3) is 3.94. The lowest BCUT2D eigenvalue weighted by Gasteiger charge is -2.14. The summed E-state index contributed by atoms with van der Waals surface area (Å²) < 4.78 is 27.5. The zero-order valence-electron chi connectivity index (χ0n) is 15.5. The molecule has 0 atom stereocenters. The van der Waals surface area contributed by atoms with E-state index in [2.05, 4.69) is 10.3 Å². The molecule has 0 unspecified atom stereocenters. The number of halogens is 1. The zero-order valence-corrected chi connectivity index (χ0v) is 17.1. The van der Waals surface area contributed by atoms with Crippen LogP contribution in [0.1, 0.15) is 11.3 Å². The average molecular weight is 419 g/mol. The second-order valence-electron chi connectivity index (χ2n) is 6.30. The number of imidazole rings is 1. The van der Waals surface area contributed by atoms with Crippen LogP contribution in [0, 0.1) is 6.92 Å². The minimum absolute atomic E-state index is 0.104. The molecule has 0 spiro atoms. The largest absolute Gasteiger partial charge is 0.322 e. The van der Waals surface area contributed by atoms with Crippen molar-refractivity contribution in [2.24, 2.45) is 0 Å². The number of nitrogens with zero attached hydrogens (tertiary/aromatic N) is 3. The molecule has 0 radical (unpaired) electrons. The first-order chi connectivity index (χ1) is 13.2. The molecule has 0 saturated heterocycles. The monoisotopic (exact) mass is 418 g/mol. The number of aromatic nitrogens is 2. The molecule has 0 aliphatic rings. The van der Waals surface area contributed by atoms with Crippen molar-refractivity contribution in [2.75, 3.05) is 19.4 Å². The van der Waals surface area contributed by atoms with Crippen molar-refractivity contribution in [3.63, 3.8) is 0 Å². The number of fused-ring (bicyclic) bond motifs is 1. The van der Waals surface area contributed by atoms with Crippen LogP contribution in [0.15, 0.2) is 53.6 Å². The average Bonchev–Trinajstić information content (AvgIpc) is 2.96. The summed E-state index contributed by atoms with van der Waals surface area (Å²) in [6, 6.07) is 10.1. The number of anilines is 1. The first-order valence-corrected chi connectivity index (χ1v) is 10.2. The second kappa shape index (κ2) is 7.75. The van der Waals surface area contributed by atoms with E-state index in [9.17, 15) is 13.2 Å². The number of nitrogens with one attached hydrogen (secondary N) is 1. The van der Waals surface area contributed by atoms with Gasteiger partial charge < -0.3 is 5.32 Å². The van der Waals surface area contributed by atoms with Crippen LogP contribution in [0.2, 0.25) is 5.15 Å². The summed E-state index contributed by atoms with van der Waals surface area (Å²) >= 11 is 6.15. The molecule has 2 aromatic heterocycles. The Bertz CT molecular complexity index is 1180. The van der Waals surface area contributed by atoms with Crippen molar-refractivity contribution in [3.05, 3.63) is 65.1 Å². The van der Waals surface area contributed by atoms with Gasteiger partial charge in [-0.3, -0.25) is 9.20 Å². The molecule has 1 N–H and O–H groups in total. The highest BCUT2D eigenvalue weighted by Gasteiger charge is 2.18. The molecule has 0 fully saturated rings. The maximum Gasteiger partial charge on any atom is 0.248 e. The van der Waals surface area contributed by atoms with Gasteiger partial charge >= 0.3 is 0 Å². The zero-order chi connectivity index (χ0) is 20.5. The van der Waals surface area contributed by atoms with Crippen molar-refractivity contribution >= 4 is 44.9 Å². The Kier molecular flexibility index (Phi) is 5.55. The van der Waals surface area contributed by atoms with Crippen LogP contribution in [-0.2, 0) is 14.8 Å². The Morgan fingerprint density at radius 1 is 1.25 bits per heavy atom. The molecule has 1 amide bonds. The quantitative estimate of drug-likeness (QED) is 0.645. The summed E-state index contributed by atoms with van der Waals surface area (Å²) in [6.45, 7) is 1.78. The predicted molar refractivity (Wildman–Crippen MR) is 110 cm³/mol. The van der Waals surface area contributed by atoms with E-state index >= 15 is 0 Å². The van der Waals surface area contributed by atoms with E-state index in [-0.39, 0.29) is 10.0 Å². The third-order valence-corrected chi connectivity index (χ3v) is 6.25. The summed E-state index contributed by atoms with van der Waals surface area (Å²) in [4.78, 5) is 16.7. The Balaban J connectivity index is 1.85. The molecule has 3 rings (SSSR count). The standard InChI is InChI=1S/C19H19ClN4O3S/c1-13-7-8-14(28(26,27)23(2)3)12-15(13)21-18(25)10-9-16-19(20)22-17-6-4-5-11-24(16)17/h4-12H,1-3H3,(H,21,25)/b10-9+. The lowest BCUT2D eigenvalue weighted by Crippen LogP contribution is -2.22. The summed E-state index contributed by atoms with van der Waals surface area (Å²) in [5, 5.41) is 2.99. The first-order valence-electron chi connectivity index (χ1n) is 8.35. The maximum atomic E-state index is 12.4. The van der Waals surface area contributed by atoms with Crippen LogP contribution in [0.3, 0.4) is 0 Å². The van der Waals surface area contributed by atoms with Gasteiger partial charge in [-0.05, 0) is 42.8 Å². The fourth-order valence-electron chi connectivity index (χ4n) is 2.57.